The van der Waals surface area contributed by atoms with Crippen molar-refractivity contribution in [1.82, 2.24) is 0 Å². The molecule has 1 N–H and O–H groups in total. The van der Waals surface area contributed by atoms with Gasteiger partial charge in [0.05, 0.1) is 12.1 Å². The Labute approximate surface area is 118 Å². The number of aryl methyl sites for hydroxylation is 1. The smallest absolute Gasteiger partial charge is 0.235 e. The second kappa shape index (κ2) is 4.57. The molecule has 0 unspecified atom stereocenters. The molecule has 0 saturated heterocycles. The molecule has 0 spiro atoms. The number of nitrogens with one attached hydrogen (secondary N) is 1. The SMILES string of the molecule is Cc1cc2c(c(C3(N=C=O)CCCC3)c1C)NC(=O)C2. The summed E-state index contributed by atoms with van der Waals surface area (Å²) in [6.45, 7) is 4.10. The number of carbonyl (C=O) groups is 1. The van der Waals surface area contributed by atoms with Crippen LogP contribution in [0.1, 0.15) is 47.9 Å². The number of amides is 1. The minimum Gasteiger partial charge on any atom is -0.325 e. The summed E-state index contributed by atoms with van der Waals surface area (Å²) in [5.74, 6) is 0.0227. The lowest BCUT2D eigenvalue weighted by atomic mass is 9.82. The van der Waals surface area contributed by atoms with Crippen LogP contribution in [0, 0.1) is 13.8 Å². The third-order valence-corrected chi connectivity index (χ3v) is 4.70. The molecule has 0 atom stereocenters. The van der Waals surface area contributed by atoms with E-state index in [4.69, 9.17) is 0 Å². The lowest BCUT2D eigenvalue weighted by molar-refractivity contribution is -0.115. The van der Waals surface area contributed by atoms with Crippen LogP contribution >= 0.6 is 0 Å². The molecule has 1 aliphatic carbocycles. The van der Waals surface area contributed by atoms with Crippen LogP contribution in [0.25, 0.3) is 0 Å². The van der Waals surface area contributed by atoms with Gasteiger partial charge in [0, 0.05) is 5.56 Å². The molecule has 1 aliphatic heterocycles. The molecule has 1 amide bonds. The lowest BCUT2D eigenvalue weighted by Crippen LogP contribution is -2.23. The third-order valence-electron chi connectivity index (χ3n) is 4.70. The Morgan fingerprint density at radius 2 is 2.00 bits per heavy atom. The molecule has 20 heavy (non-hydrogen) atoms. The van der Waals surface area contributed by atoms with Gasteiger partial charge in [0.1, 0.15) is 5.54 Å². The summed E-state index contributed by atoms with van der Waals surface area (Å²) in [6.07, 6.45) is 6.01. The van der Waals surface area contributed by atoms with Gasteiger partial charge in [0.15, 0.2) is 0 Å². The zero-order valence-electron chi connectivity index (χ0n) is 11.9. The Bertz CT molecular complexity index is 636. The molecule has 0 radical (unpaired) electrons. The van der Waals surface area contributed by atoms with E-state index in [1.54, 1.807) is 6.08 Å². The molecule has 0 aromatic heterocycles. The Morgan fingerprint density at radius 3 is 2.65 bits per heavy atom. The number of rotatable bonds is 2. The number of aliphatic imine (C=N–C) groups is 1. The summed E-state index contributed by atoms with van der Waals surface area (Å²) in [5, 5.41) is 2.97. The number of benzene rings is 1. The number of fused-ring (bicyclic) bond motifs is 1. The van der Waals surface area contributed by atoms with Crippen LogP contribution in [0.5, 0.6) is 0 Å². The molecule has 3 rings (SSSR count). The molecule has 1 heterocycles. The third kappa shape index (κ3) is 1.80. The molecule has 1 aromatic rings. The van der Waals surface area contributed by atoms with Gasteiger partial charge in [-0.2, -0.15) is 4.99 Å². The van der Waals surface area contributed by atoms with E-state index in [9.17, 15) is 9.59 Å². The quantitative estimate of drug-likeness (QED) is 0.663. The predicted molar refractivity (Wildman–Crippen MR) is 76.5 cm³/mol. The number of hydrogen-bond acceptors (Lipinski definition) is 3. The maximum absolute atomic E-state index is 11.7. The number of anilines is 1. The summed E-state index contributed by atoms with van der Waals surface area (Å²) in [4.78, 5) is 26.8. The summed E-state index contributed by atoms with van der Waals surface area (Å²) in [5.41, 5.74) is 4.76. The second-order valence-corrected chi connectivity index (χ2v) is 5.89. The molecule has 1 fully saturated rings. The average molecular weight is 270 g/mol. The topological polar surface area (TPSA) is 58.5 Å². The fourth-order valence-corrected chi connectivity index (χ4v) is 3.67. The van der Waals surface area contributed by atoms with Crippen LogP contribution in [0.3, 0.4) is 0 Å². The molecule has 0 bridgehead atoms. The Kier molecular flexibility index (Phi) is 2.98. The first-order valence-corrected chi connectivity index (χ1v) is 7.10. The number of isocyanates is 1. The van der Waals surface area contributed by atoms with Crippen molar-refractivity contribution in [2.45, 2.75) is 51.5 Å². The lowest BCUT2D eigenvalue weighted by Gasteiger charge is -2.28. The van der Waals surface area contributed by atoms with Crippen LogP contribution in [0.2, 0.25) is 0 Å². The van der Waals surface area contributed by atoms with Crippen LogP contribution in [-0.2, 0) is 21.5 Å². The van der Waals surface area contributed by atoms with Gasteiger partial charge < -0.3 is 5.32 Å². The van der Waals surface area contributed by atoms with Gasteiger partial charge in [0.2, 0.25) is 12.0 Å². The van der Waals surface area contributed by atoms with E-state index in [0.717, 1.165) is 53.6 Å². The Hall–Kier alpha value is -1.93. The van der Waals surface area contributed by atoms with Crippen molar-refractivity contribution >= 4 is 17.7 Å². The maximum Gasteiger partial charge on any atom is 0.235 e. The monoisotopic (exact) mass is 270 g/mol. The molecule has 1 aromatic carbocycles. The molecule has 1 saturated carbocycles. The van der Waals surface area contributed by atoms with Crippen molar-refractivity contribution in [3.8, 4) is 0 Å². The van der Waals surface area contributed by atoms with E-state index >= 15 is 0 Å². The highest BCUT2D eigenvalue weighted by atomic mass is 16.1. The van der Waals surface area contributed by atoms with Crippen LogP contribution in [0.4, 0.5) is 5.69 Å². The van der Waals surface area contributed by atoms with Gasteiger partial charge >= 0.3 is 0 Å². The van der Waals surface area contributed by atoms with Gasteiger partial charge in [-0.05, 0) is 43.4 Å². The van der Waals surface area contributed by atoms with Crippen molar-refractivity contribution < 1.29 is 9.59 Å². The largest absolute Gasteiger partial charge is 0.325 e. The minimum atomic E-state index is -0.487. The van der Waals surface area contributed by atoms with Gasteiger partial charge in [-0.1, -0.05) is 18.9 Å². The van der Waals surface area contributed by atoms with Crippen molar-refractivity contribution in [2.75, 3.05) is 5.32 Å². The summed E-state index contributed by atoms with van der Waals surface area (Å²) in [6, 6.07) is 2.07. The molecule has 4 nitrogen and oxygen atoms in total. The van der Waals surface area contributed by atoms with Crippen LogP contribution < -0.4 is 5.32 Å². The zero-order valence-corrected chi connectivity index (χ0v) is 11.9. The van der Waals surface area contributed by atoms with E-state index in [-0.39, 0.29) is 5.91 Å². The standard InChI is InChI=1S/C16H18N2O2/c1-10-7-12-8-13(20)18-15(12)14(11(10)2)16(17-9-19)5-3-4-6-16/h7H,3-6,8H2,1-2H3,(H,18,20). The number of carbonyl (C=O) groups excluding carboxylic acids is 2. The van der Waals surface area contributed by atoms with Gasteiger partial charge in [-0.15, -0.1) is 0 Å². The van der Waals surface area contributed by atoms with Gasteiger partial charge in [-0.25, -0.2) is 4.79 Å². The van der Waals surface area contributed by atoms with Crippen LogP contribution in [-0.4, -0.2) is 12.0 Å². The van der Waals surface area contributed by atoms with E-state index in [0.29, 0.717) is 6.42 Å². The van der Waals surface area contributed by atoms with Crippen LogP contribution in [0.15, 0.2) is 11.1 Å². The highest BCUT2D eigenvalue weighted by Crippen LogP contribution is 2.48. The summed E-state index contributed by atoms with van der Waals surface area (Å²) in [7, 11) is 0. The van der Waals surface area contributed by atoms with E-state index in [1.165, 1.54) is 0 Å². The van der Waals surface area contributed by atoms with Gasteiger partial charge in [0.25, 0.3) is 0 Å². The van der Waals surface area contributed by atoms with Gasteiger partial charge in [-0.3, -0.25) is 4.79 Å². The molecular weight excluding hydrogens is 252 g/mol. The highest BCUT2D eigenvalue weighted by molar-refractivity contribution is 6.00. The maximum atomic E-state index is 11.7. The van der Waals surface area contributed by atoms with E-state index in [2.05, 4.69) is 30.2 Å². The van der Waals surface area contributed by atoms with Crippen molar-refractivity contribution in [3.63, 3.8) is 0 Å². The first-order chi connectivity index (χ1) is 9.57. The first kappa shape index (κ1) is 13.1. The zero-order chi connectivity index (χ0) is 14.3. The average Bonchev–Trinajstić information content (AvgIpc) is 2.98. The first-order valence-electron chi connectivity index (χ1n) is 7.10. The molecular formula is C16H18N2O2. The fraction of sp³-hybridized carbons (Fsp3) is 0.500. The minimum absolute atomic E-state index is 0.0227. The van der Waals surface area contributed by atoms with Crippen molar-refractivity contribution in [1.29, 1.82) is 0 Å². The number of hydrogen-bond donors (Lipinski definition) is 1. The van der Waals surface area contributed by atoms with Crippen molar-refractivity contribution in [2.24, 2.45) is 4.99 Å². The van der Waals surface area contributed by atoms with E-state index < -0.39 is 5.54 Å². The normalized spacial score (nSPS) is 19.4. The highest BCUT2D eigenvalue weighted by Gasteiger charge is 2.41. The van der Waals surface area contributed by atoms with E-state index in [1.807, 2.05) is 0 Å². The summed E-state index contributed by atoms with van der Waals surface area (Å²) >= 11 is 0. The molecule has 2 aliphatic rings. The molecule has 104 valence electrons. The Balaban J connectivity index is 2.28. The summed E-state index contributed by atoms with van der Waals surface area (Å²) < 4.78 is 0. The molecule has 4 heteroatoms. The second-order valence-electron chi connectivity index (χ2n) is 5.89. The number of nitrogens with zero attached hydrogens (tertiary/aromatic N) is 1. The van der Waals surface area contributed by atoms with Crippen molar-refractivity contribution in [3.05, 3.63) is 28.3 Å². The Morgan fingerprint density at radius 1 is 1.30 bits per heavy atom. The predicted octanol–water partition coefficient (Wildman–Crippen LogP) is 2.90. The fourth-order valence-electron chi connectivity index (χ4n) is 3.67.